The fourth-order valence-electron chi connectivity index (χ4n) is 1.47. The van der Waals surface area contributed by atoms with Gasteiger partial charge in [-0.2, -0.15) is 0 Å². The number of carbonyl (C=O) groups excluding carboxylic acids is 3. The molecule has 0 spiro atoms. The maximum atomic E-state index is 13.6. The zero-order valence-electron chi connectivity index (χ0n) is 9.95. The Morgan fingerprint density at radius 2 is 2.12 bits per heavy atom. The topological polar surface area (TPSA) is 75.7 Å². The number of rotatable bonds is 4. The van der Waals surface area contributed by atoms with Crippen molar-refractivity contribution in [2.24, 2.45) is 0 Å². The number of nitrogens with zero attached hydrogens (tertiary/aromatic N) is 1. The van der Waals surface area contributed by atoms with E-state index in [2.05, 4.69) is 10.1 Å². The van der Waals surface area contributed by atoms with Gasteiger partial charge in [0.1, 0.15) is 5.54 Å². The van der Waals surface area contributed by atoms with Crippen molar-refractivity contribution in [2.75, 3.05) is 6.61 Å². The number of amides is 3. The molecule has 0 aromatic carbocycles. The Labute approximate surface area is 98.1 Å². The average molecular weight is 246 g/mol. The molecular formula is C10H15FN2O4. The van der Waals surface area contributed by atoms with Crippen LogP contribution in [0.25, 0.3) is 0 Å². The van der Waals surface area contributed by atoms with Crippen LogP contribution in [0.3, 0.4) is 0 Å². The minimum Gasteiger partial charge on any atom is -0.462 e. The SMILES string of the molecule is CCOC(=O)C(F)N1C(=O)NC(C)(CC)C1=O. The molecule has 0 aliphatic carbocycles. The summed E-state index contributed by atoms with van der Waals surface area (Å²) in [5.41, 5.74) is -1.16. The minimum atomic E-state index is -2.39. The Morgan fingerprint density at radius 1 is 1.53 bits per heavy atom. The lowest BCUT2D eigenvalue weighted by atomic mass is 9.99. The summed E-state index contributed by atoms with van der Waals surface area (Å²) in [7, 11) is 0. The molecule has 6 nitrogen and oxygen atoms in total. The fourth-order valence-corrected chi connectivity index (χ4v) is 1.47. The van der Waals surface area contributed by atoms with Crippen molar-refractivity contribution in [1.82, 2.24) is 10.2 Å². The van der Waals surface area contributed by atoms with Crippen LogP contribution in [-0.2, 0) is 14.3 Å². The summed E-state index contributed by atoms with van der Waals surface area (Å²) >= 11 is 0. The fraction of sp³-hybridized carbons (Fsp3) is 0.700. The highest BCUT2D eigenvalue weighted by molar-refractivity contribution is 6.08. The van der Waals surface area contributed by atoms with Crippen LogP contribution in [0, 0.1) is 0 Å². The number of ether oxygens (including phenoxy) is 1. The molecule has 1 heterocycles. The van der Waals surface area contributed by atoms with Gasteiger partial charge in [-0.25, -0.2) is 18.9 Å². The molecule has 2 atom stereocenters. The largest absolute Gasteiger partial charge is 0.462 e. The molecule has 1 saturated heterocycles. The zero-order valence-corrected chi connectivity index (χ0v) is 9.95. The van der Waals surface area contributed by atoms with Gasteiger partial charge < -0.3 is 10.1 Å². The Balaban J connectivity index is 2.89. The number of imide groups is 1. The van der Waals surface area contributed by atoms with E-state index in [9.17, 15) is 18.8 Å². The number of halogens is 1. The molecule has 0 bridgehead atoms. The van der Waals surface area contributed by atoms with Crippen molar-refractivity contribution >= 4 is 17.9 Å². The lowest BCUT2D eigenvalue weighted by molar-refractivity contribution is -0.159. The number of esters is 1. The van der Waals surface area contributed by atoms with Crippen LogP contribution in [-0.4, -0.2) is 41.2 Å². The van der Waals surface area contributed by atoms with Crippen molar-refractivity contribution < 1.29 is 23.5 Å². The van der Waals surface area contributed by atoms with Gasteiger partial charge in [0.15, 0.2) is 0 Å². The van der Waals surface area contributed by atoms with Crippen LogP contribution in [0.15, 0.2) is 0 Å². The Morgan fingerprint density at radius 3 is 2.53 bits per heavy atom. The zero-order chi connectivity index (χ0) is 13.2. The molecule has 1 rings (SSSR count). The van der Waals surface area contributed by atoms with E-state index in [1.807, 2.05) is 0 Å². The molecule has 0 aromatic rings. The Bertz CT molecular complexity index is 360. The minimum absolute atomic E-state index is 0.0199. The first-order valence-electron chi connectivity index (χ1n) is 5.34. The first kappa shape index (κ1) is 13.4. The number of hydrogen-bond acceptors (Lipinski definition) is 4. The molecule has 17 heavy (non-hydrogen) atoms. The molecule has 0 saturated carbocycles. The van der Waals surface area contributed by atoms with Gasteiger partial charge >= 0.3 is 12.0 Å². The Kier molecular flexibility index (Phi) is 3.69. The lowest BCUT2D eigenvalue weighted by Crippen LogP contribution is -2.46. The molecule has 0 aromatic heterocycles. The second kappa shape index (κ2) is 4.68. The van der Waals surface area contributed by atoms with Gasteiger partial charge in [0.25, 0.3) is 12.2 Å². The van der Waals surface area contributed by atoms with E-state index in [1.165, 1.54) is 13.8 Å². The molecule has 1 aliphatic heterocycles. The van der Waals surface area contributed by atoms with Crippen LogP contribution in [0.4, 0.5) is 9.18 Å². The summed E-state index contributed by atoms with van der Waals surface area (Å²) in [6.07, 6.45) is -2.08. The third kappa shape index (κ3) is 2.22. The van der Waals surface area contributed by atoms with E-state index in [0.717, 1.165) is 0 Å². The molecular weight excluding hydrogens is 231 g/mol. The molecule has 0 radical (unpaired) electrons. The summed E-state index contributed by atoms with van der Waals surface area (Å²) in [5.74, 6) is -2.00. The summed E-state index contributed by atoms with van der Waals surface area (Å²) < 4.78 is 18.1. The average Bonchev–Trinajstić information content (AvgIpc) is 2.50. The maximum Gasteiger partial charge on any atom is 0.362 e. The third-order valence-electron chi connectivity index (χ3n) is 2.71. The quantitative estimate of drug-likeness (QED) is 0.447. The number of carbonyl (C=O) groups is 3. The standard InChI is InChI=1S/C10H15FN2O4/c1-4-10(3)8(15)13(9(16)12-10)6(11)7(14)17-5-2/h6H,4-5H2,1-3H3,(H,12,16). The van der Waals surface area contributed by atoms with Gasteiger partial charge in [0, 0.05) is 0 Å². The molecule has 1 aliphatic rings. The summed E-state index contributed by atoms with van der Waals surface area (Å²) in [6.45, 7) is 4.64. The summed E-state index contributed by atoms with van der Waals surface area (Å²) in [4.78, 5) is 34.7. The van der Waals surface area contributed by atoms with Crippen molar-refractivity contribution in [3.63, 3.8) is 0 Å². The summed E-state index contributed by atoms with van der Waals surface area (Å²) in [6, 6.07) is -0.917. The lowest BCUT2D eigenvalue weighted by Gasteiger charge is -2.20. The molecule has 3 amide bonds. The number of hydrogen-bond donors (Lipinski definition) is 1. The van der Waals surface area contributed by atoms with Gasteiger partial charge in [-0.1, -0.05) is 6.92 Å². The number of urea groups is 1. The van der Waals surface area contributed by atoms with Gasteiger partial charge in [-0.3, -0.25) is 4.79 Å². The second-order valence-corrected chi connectivity index (χ2v) is 3.88. The molecule has 1 fully saturated rings. The predicted molar refractivity (Wildman–Crippen MR) is 55.6 cm³/mol. The highest BCUT2D eigenvalue weighted by Crippen LogP contribution is 2.23. The number of alkyl halides is 1. The second-order valence-electron chi connectivity index (χ2n) is 3.88. The van der Waals surface area contributed by atoms with E-state index in [1.54, 1.807) is 6.92 Å². The molecule has 2 unspecified atom stereocenters. The first-order chi connectivity index (χ1) is 7.87. The van der Waals surface area contributed by atoms with E-state index >= 15 is 0 Å². The van der Waals surface area contributed by atoms with Crippen molar-refractivity contribution in [2.45, 2.75) is 39.0 Å². The van der Waals surface area contributed by atoms with Crippen LogP contribution in [0.2, 0.25) is 0 Å². The van der Waals surface area contributed by atoms with Crippen molar-refractivity contribution in [3.8, 4) is 0 Å². The normalized spacial score (nSPS) is 25.8. The van der Waals surface area contributed by atoms with Gasteiger partial charge in [-0.05, 0) is 20.3 Å². The monoisotopic (exact) mass is 246 g/mol. The highest BCUT2D eigenvalue weighted by atomic mass is 19.1. The van der Waals surface area contributed by atoms with Gasteiger partial charge in [-0.15, -0.1) is 0 Å². The Hall–Kier alpha value is -1.66. The highest BCUT2D eigenvalue weighted by Gasteiger charge is 2.51. The third-order valence-corrected chi connectivity index (χ3v) is 2.71. The van der Waals surface area contributed by atoms with Crippen LogP contribution < -0.4 is 5.32 Å². The van der Waals surface area contributed by atoms with E-state index in [-0.39, 0.29) is 11.5 Å². The summed E-state index contributed by atoms with van der Waals surface area (Å²) in [5, 5.41) is 2.35. The van der Waals surface area contributed by atoms with E-state index < -0.39 is 29.7 Å². The van der Waals surface area contributed by atoms with Crippen LogP contribution in [0.1, 0.15) is 27.2 Å². The van der Waals surface area contributed by atoms with Crippen LogP contribution >= 0.6 is 0 Å². The molecule has 7 heteroatoms. The van der Waals surface area contributed by atoms with Gasteiger partial charge in [0.2, 0.25) is 0 Å². The van der Waals surface area contributed by atoms with E-state index in [4.69, 9.17) is 0 Å². The smallest absolute Gasteiger partial charge is 0.362 e. The van der Waals surface area contributed by atoms with Crippen LogP contribution in [0.5, 0.6) is 0 Å². The predicted octanol–water partition coefficient (Wildman–Crippen LogP) is 0.566. The van der Waals surface area contributed by atoms with Crippen molar-refractivity contribution in [3.05, 3.63) is 0 Å². The molecule has 96 valence electrons. The van der Waals surface area contributed by atoms with Gasteiger partial charge in [0.05, 0.1) is 6.61 Å². The number of nitrogens with one attached hydrogen (secondary N) is 1. The van der Waals surface area contributed by atoms with E-state index in [0.29, 0.717) is 6.42 Å². The maximum absolute atomic E-state index is 13.6. The first-order valence-corrected chi connectivity index (χ1v) is 5.34. The van der Waals surface area contributed by atoms with Crippen molar-refractivity contribution in [1.29, 1.82) is 0 Å². The molecule has 1 N–H and O–H groups in total.